The van der Waals surface area contributed by atoms with Gasteiger partial charge in [-0.1, -0.05) is 6.07 Å². The van der Waals surface area contributed by atoms with Crippen molar-refractivity contribution in [2.45, 2.75) is 19.9 Å². The molecule has 0 bridgehead atoms. The summed E-state index contributed by atoms with van der Waals surface area (Å²) < 4.78 is 5.10. The van der Waals surface area contributed by atoms with Gasteiger partial charge in [0, 0.05) is 11.4 Å². The largest absolute Gasteiger partial charge is 0.497 e. The van der Waals surface area contributed by atoms with E-state index in [9.17, 15) is 9.59 Å². The van der Waals surface area contributed by atoms with Crippen LogP contribution < -0.4 is 20.3 Å². The van der Waals surface area contributed by atoms with Crippen LogP contribution in [0.1, 0.15) is 19.4 Å². The Morgan fingerprint density at radius 3 is 2.46 bits per heavy atom. The molecule has 2 aromatic rings. The normalized spacial score (nSPS) is 12.4. The maximum atomic E-state index is 12.6. The Morgan fingerprint density at radius 2 is 1.86 bits per heavy atom. The first kappa shape index (κ1) is 20.9. The van der Waals surface area contributed by atoms with Gasteiger partial charge in [-0.25, -0.2) is 0 Å². The number of nitrogens with one attached hydrogen (secondary N) is 3. The summed E-state index contributed by atoms with van der Waals surface area (Å²) in [6.07, 6.45) is 0. The fourth-order valence-corrected chi connectivity index (χ4v) is 2.77. The highest BCUT2D eigenvalue weighted by Crippen LogP contribution is 2.14. The molecule has 2 aromatic carbocycles. The van der Waals surface area contributed by atoms with Crippen molar-refractivity contribution in [2.24, 2.45) is 0 Å². The van der Waals surface area contributed by atoms with Crippen LogP contribution in [0.5, 0.6) is 5.75 Å². The van der Waals surface area contributed by atoms with Crippen LogP contribution in [0.25, 0.3) is 0 Å². The van der Waals surface area contributed by atoms with Crippen LogP contribution in [0.15, 0.2) is 48.5 Å². The minimum atomic E-state index is -0.433. The number of methoxy groups -OCH3 is 1. The zero-order valence-electron chi connectivity index (χ0n) is 16.3. The number of anilines is 2. The van der Waals surface area contributed by atoms with Crippen LogP contribution in [0.3, 0.4) is 0 Å². The molecule has 2 atom stereocenters. The molecule has 0 aliphatic rings. The Morgan fingerprint density at radius 1 is 1.14 bits per heavy atom. The van der Waals surface area contributed by atoms with E-state index in [-0.39, 0.29) is 18.4 Å². The molecule has 3 N–H and O–H groups in total. The lowest BCUT2D eigenvalue weighted by Gasteiger charge is -2.23. The number of hydrogen-bond donors (Lipinski definition) is 3. The zero-order chi connectivity index (χ0) is 20.5. The molecular weight excluding hydrogens is 356 g/mol. The third-order valence-electron chi connectivity index (χ3n) is 4.48. The van der Waals surface area contributed by atoms with Crippen molar-refractivity contribution in [2.75, 3.05) is 30.8 Å². The fourth-order valence-electron chi connectivity index (χ4n) is 2.77. The van der Waals surface area contributed by atoms with Crippen molar-refractivity contribution < 1.29 is 19.2 Å². The number of rotatable bonds is 8. The molecule has 0 fully saturated rings. The summed E-state index contributed by atoms with van der Waals surface area (Å²) in [4.78, 5) is 25.8. The number of nitriles is 1. The first-order valence-corrected chi connectivity index (χ1v) is 9.06. The third kappa shape index (κ3) is 5.83. The van der Waals surface area contributed by atoms with Gasteiger partial charge in [0.1, 0.15) is 5.75 Å². The van der Waals surface area contributed by atoms with Crippen molar-refractivity contribution in [1.82, 2.24) is 0 Å². The monoisotopic (exact) mass is 381 g/mol. The molecule has 2 amide bonds. The van der Waals surface area contributed by atoms with Crippen molar-refractivity contribution in [3.8, 4) is 11.8 Å². The van der Waals surface area contributed by atoms with Crippen LogP contribution in [-0.2, 0) is 9.59 Å². The second kappa shape index (κ2) is 10.1. The van der Waals surface area contributed by atoms with E-state index in [0.717, 1.165) is 4.90 Å². The number of hydrogen-bond acceptors (Lipinski definition) is 4. The van der Waals surface area contributed by atoms with E-state index in [0.29, 0.717) is 29.2 Å². The Bertz CT molecular complexity index is 859. The summed E-state index contributed by atoms with van der Waals surface area (Å²) in [5.41, 5.74) is 1.71. The van der Waals surface area contributed by atoms with Gasteiger partial charge < -0.3 is 20.3 Å². The standard InChI is InChI=1S/C21H24N4O3/c1-4-25(14-20(26)23-17-8-10-19(28-3)11-9-17)15(2)21(27)24-18-7-5-6-16(12-18)13-22/h5-12,15H,4,14H2,1-3H3,(H,23,26)(H,24,27)/p+1/t15-/m1/s1. The van der Waals surface area contributed by atoms with Gasteiger partial charge in [0.05, 0.1) is 25.3 Å². The van der Waals surface area contributed by atoms with Crippen molar-refractivity contribution in [1.29, 1.82) is 5.26 Å². The average Bonchev–Trinajstić information content (AvgIpc) is 2.72. The summed E-state index contributed by atoms with van der Waals surface area (Å²) in [6, 6.07) is 15.4. The second-order valence-electron chi connectivity index (χ2n) is 6.37. The lowest BCUT2D eigenvalue weighted by Crippen LogP contribution is -3.17. The number of benzene rings is 2. The Labute approximate surface area is 164 Å². The van der Waals surface area contributed by atoms with Gasteiger partial charge in [-0.2, -0.15) is 5.26 Å². The molecular formula is C21H25N4O3+. The molecule has 7 nitrogen and oxygen atoms in total. The van der Waals surface area contributed by atoms with E-state index < -0.39 is 6.04 Å². The smallest absolute Gasteiger partial charge is 0.282 e. The molecule has 0 radical (unpaired) electrons. The summed E-state index contributed by atoms with van der Waals surface area (Å²) in [5.74, 6) is 0.335. The lowest BCUT2D eigenvalue weighted by molar-refractivity contribution is -0.904. The van der Waals surface area contributed by atoms with Gasteiger partial charge in [-0.3, -0.25) is 9.59 Å². The molecule has 28 heavy (non-hydrogen) atoms. The zero-order valence-corrected chi connectivity index (χ0v) is 16.3. The molecule has 0 aliphatic carbocycles. The lowest BCUT2D eigenvalue weighted by atomic mass is 10.2. The predicted molar refractivity (Wildman–Crippen MR) is 107 cm³/mol. The van der Waals surface area contributed by atoms with E-state index in [2.05, 4.69) is 10.6 Å². The summed E-state index contributed by atoms with van der Waals surface area (Å²) in [7, 11) is 1.58. The SMILES string of the molecule is CC[NH+](CC(=O)Nc1ccc(OC)cc1)[C@H](C)C(=O)Nc1cccc(C#N)c1. The third-order valence-corrected chi connectivity index (χ3v) is 4.48. The predicted octanol–water partition coefficient (Wildman–Crippen LogP) is 1.44. The molecule has 0 aromatic heterocycles. The number of carbonyl (C=O) groups is 2. The maximum Gasteiger partial charge on any atom is 0.282 e. The van der Waals surface area contributed by atoms with Crippen LogP contribution in [0.4, 0.5) is 11.4 Å². The Kier molecular flexibility index (Phi) is 7.55. The van der Waals surface area contributed by atoms with Crippen LogP contribution in [0.2, 0.25) is 0 Å². The molecule has 0 aliphatic heterocycles. The quantitative estimate of drug-likeness (QED) is 0.645. The summed E-state index contributed by atoms with van der Waals surface area (Å²) in [6.45, 7) is 4.48. The average molecular weight is 381 g/mol. The van der Waals surface area contributed by atoms with Gasteiger partial charge in [-0.15, -0.1) is 0 Å². The van der Waals surface area contributed by atoms with Crippen molar-refractivity contribution in [3.05, 3.63) is 54.1 Å². The topological polar surface area (TPSA) is 95.7 Å². The van der Waals surface area contributed by atoms with Crippen molar-refractivity contribution in [3.63, 3.8) is 0 Å². The molecule has 146 valence electrons. The summed E-state index contributed by atoms with van der Waals surface area (Å²) >= 11 is 0. The Hall–Kier alpha value is -3.37. The second-order valence-corrected chi connectivity index (χ2v) is 6.37. The number of ether oxygens (including phenoxy) is 1. The molecule has 0 heterocycles. The minimum absolute atomic E-state index is 0.162. The minimum Gasteiger partial charge on any atom is -0.497 e. The number of amides is 2. The number of nitrogens with zero attached hydrogens (tertiary/aromatic N) is 1. The van der Waals surface area contributed by atoms with E-state index in [1.54, 1.807) is 62.6 Å². The molecule has 0 saturated heterocycles. The van der Waals surface area contributed by atoms with Crippen LogP contribution in [0, 0.1) is 11.3 Å². The van der Waals surface area contributed by atoms with Gasteiger partial charge in [-0.05, 0) is 56.3 Å². The molecule has 0 spiro atoms. The highest BCUT2D eigenvalue weighted by molar-refractivity contribution is 5.94. The number of likely N-dealkylation sites (N-methyl/N-ethyl adjacent to an activating group) is 1. The van der Waals surface area contributed by atoms with E-state index in [4.69, 9.17) is 10.00 Å². The van der Waals surface area contributed by atoms with Crippen molar-refractivity contribution >= 4 is 23.2 Å². The Balaban J connectivity index is 1.95. The molecule has 7 heteroatoms. The highest BCUT2D eigenvalue weighted by Gasteiger charge is 2.26. The fraction of sp³-hybridized carbons (Fsp3) is 0.286. The molecule has 1 unspecified atom stereocenters. The van der Waals surface area contributed by atoms with Gasteiger partial charge in [0.15, 0.2) is 12.6 Å². The number of quaternary nitrogens is 1. The first-order chi connectivity index (χ1) is 13.5. The van der Waals surface area contributed by atoms with Gasteiger partial charge in [0.25, 0.3) is 11.8 Å². The maximum absolute atomic E-state index is 12.6. The van der Waals surface area contributed by atoms with Crippen LogP contribution in [-0.4, -0.2) is 38.1 Å². The van der Waals surface area contributed by atoms with E-state index in [1.807, 2.05) is 13.0 Å². The molecule has 2 rings (SSSR count). The highest BCUT2D eigenvalue weighted by atomic mass is 16.5. The van der Waals surface area contributed by atoms with E-state index in [1.165, 1.54) is 0 Å². The number of carbonyl (C=O) groups excluding carboxylic acids is 2. The van der Waals surface area contributed by atoms with E-state index >= 15 is 0 Å². The van der Waals surface area contributed by atoms with Gasteiger partial charge >= 0.3 is 0 Å². The molecule has 0 saturated carbocycles. The summed E-state index contributed by atoms with van der Waals surface area (Å²) in [5, 5.41) is 14.6. The first-order valence-electron chi connectivity index (χ1n) is 9.06. The van der Waals surface area contributed by atoms with Gasteiger partial charge in [0.2, 0.25) is 0 Å². The van der Waals surface area contributed by atoms with Crippen LogP contribution >= 0.6 is 0 Å².